The Balaban J connectivity index is 2.06. The van der Waals surface area contributed by atoms with Crippen molar-refractivity contribution in [2.45, 2.75) is 0 Å². The molecule has 0 saturated heterocycles. The van der Waals surface area contributed by atoms with Crippen molar-refractivity contribution in [1.82, 2.24) is 0 Å². The van der Waals surface area contributed by atoms with Crippen molar-refractivity contribution < 1.29 is 28.3 Å². The molecule has 2 aromatic carbocycles. The fraction of sp³-hybridized carbons (Fsp3) is 0.105. The zero-order chi connectivity index (χ0) is 21.1. The van der Waals surface area contributed by atoms with E-state index in [-0.39, 0.29) is 34.2 Å². The number of carbonyl (C=O) groups excluding carboxylic acids is 3. The number of esters is 1. The highest BCUT2D eigenvalue weighted by molar-refractivity contribution is 6.37. The van der Waals surface area contributed by atoms with Gasteiger partial charge in [0.1, 0.15) is 17.0 Å². The molecule has 0 radical (unpaired) electrons. The second kappa shape index (κ2) is 8.42. The summed E-state index contributed by atoms with van der Waals surface area (Å²) in [5.74, 6) is -1.02. The molecular formula is C19H14Cl2N2O6. The van der Waals surface area contributed by atoms with E-state index in [4.69, 9.17) is 38.1 Å². The molecule has 0 aliphatic carbocycles. The van der Waals surface area contributed by atoms with Crippen LogP contribution in [0.15, 0.2) is 40.8 Å². The van der Waals surface area contributed by atoms with Gasteiger partial charge in [-0.1, -0.05) is 23.2 Å². The molecule has 10 heteroatoms. The quantitative estimate of drug-likeness (QED) is 0.444. The molecule has 0 unspecified atom stereocenters. The fourth-order valence-electron chi connectivity index (χ4n) is 2.57. The van der Waals surface area contributed by atoms with Crippen molar-refractivity contribution in [3.63, 3.8) is 0 Å². The smallest absolute Gasteiger partial charge is 0.343 e. The third-order valence-corrected chi connectivity index (χ3v) is 4.42. The van der Waals surface area contributed by atoms with Crippen LogP contribution in [0.4, 0.5) is 10.5 Å². The minimum Gasteiger partial charge on any atom is -0.482 e. The maximum absolute atomic E-state index is 13.0. The zero-order valence-corrected chi connectivity index (χ0v) is 16.5. The molecule has 29 heavy (non-hydrogen) atoms. The molecule has 0 atom stereocenters. The number of carbonyl (C=O) groups is 3. The van der Waals surface area contributed by atoms with Gasteiger partial charge in [0.15, 0.2) is 12.4 Å². The maximum Gasteiger partial charge on any atom is 0.343 e. The highest BCUT2D eigenvalue weighted by Gasteiger charge is 2.25. The van der Waals surface area contributed by atoms with E-state index in [1.807, 2.05) is 0 Å². The Kier molecular flexibility index (Phi) is 5.95. The van der Waals surface area contributed by atoms with Gasteiger partial charge in [0, 0.05) is 22.0 Å². The van der Waals surface area contributed by atoms with Crippen LogP contribution < -0.4 is 15.8 Å². The highest BCUT2D eigenvalue weighted by atomic mass is 35.5. The van der Waals surface area contributed by atoms with Gasteiger partial charge in [-0.05, 0) is 30.3 Å². The lowest BCUT2D eigenvalue weighted by molar-refractivity contribution is -0.142. The molecule has 0 bridgehead atoms. The number of amides is 2. The topological polar surface area (TPSA) is 121 Å². The van der Waals surface area contributed by atoms with E-state index in [2.05, 4.69) is 10.1 Å². The van der Waals surface area contributed by atoms with Crippen LogP contribution in [0.5, 0.6) is 5.75 Å². The predicted octanol–water partition coefficient (Wildman–Crippen LogP) is 4.01. The molecule has 0 spiro atoms. The summed E-state index contributed by atoms with van der Waals surface area (Å²) in [6, 6.07) is 8.04. The highest BCUT2D eigenvalue weighted by Crippen LogP contribution is 2.36. The Labute approximate surface area is 174 Å². The summed E-state index contributed by atoms with van der Waals surface area (Å²) in [7, 11) is 1.24. The van der Waals surface area contributed by atoms with Crippen molar-refractivity contribution in [3.05, 3.63) is 57.8 Å². The van der Waals surface area contributed by atoms with Crippen LogP contribution >= 0.6 is 23.2 Å². The SMILES string of the molecule is COC(=O)COc1ccc2c(NC(N)=O)c(C(=O)c3ccc(Cl)cc3Cl)oc2c1. The van der Waals surface area contributed by atoms with Crippen molar-refractivity contribution in [3.8, 4) is 5.75 Å². The number of hydrogen-bond acceptors (Lipinski definition) is 6. The summed E-state index contributed by atoms with van der Waals surface area (Å²) in [4.78, 5) is 35.7. The molecule has 0 aliphatic rings. The Bertz CT molecular complexity index is 1130. The number of benzene rings is 2. The number of fused-ring (bicyclic) bond motifs is 1. The molecule has 2 amide bonds. The first-order valence-corrected chi connectivity index (χ1v) is 8.88. The number of nitrogens with two attached hydrogens (primary N) is 1. The number of primary amides is 1. The van der Waals surface area contributed by atoms with Gasteiger partial charge in [-0.3, -0.25) is 4.79 Å². The van der Waals surface area contributed by atoms with Crippen molar-refractivity contribution >= 4 is 57.6 Å². The molecule has 1 aromatic heterocycles. The molecule has 0 saturated carbocycles. The van der Waals surface area contributed by atoms with E-state index >= 15 is 0 Å². The number of anilines is 1. The van der Waals surface area contributed by atoms with Gasteiger partial charge in [-0.2, -0.15) is 0 Å². The lowest BCUT2D eigenvalue weighted by Gasteiger charge is -2.05. The van der Waals surface area contributed by atoms with E-state index in [1.165, 1.54) is 37.4 Å². The number of hydrogen-bond donors (Lipinski definition) is 2. The van der Waals surface area contributed by atoms with Gasteiger partial charge in [0.2, 0.25) is 5.78 Å². The first-order valence-electron chi connectivity index (χ1n) is 8.12. The summed E-state index contributed by atoms with van der Waals surface area (Å²) in [6.45, 7) is -0.304. The average molecular weight is 437 g/mol. The van der Waals surface area contributed by atoms with Crippen molar-refractivity contribution in [1.29, 1.82) is 0 Å². The fourth-order valence-corrected chi connectivity index (χ4v) is 3.07. The number of ether oxygens (including phenoxy) is 2. The van der Waals surface area contributed by atoms with Gasteiger partial charge < -0.3 is 24.9 Å². The van der Waals surface area contributed by atoms with E-state index in [1.54, 1.807) is 6.07 Å². The monoisotopic (exact) mass is 436 g/mol. The number of halogens is 2. The summed E-state index contributed by atoms with van der Waals surface area (Å²) < 4.78 is 15.5. The molecule has 3 aromatic rings. The standard InChI is InChI=1S/C19H14Cl2N2O6/c1-27-15(24)8-28-10-3-5-12-14(7-10)29-18(16(12)23-19(22)26)17(25)11-4-2-9(20)6-13(11)21/h2-7H,8H2,1H3,(H3,22,23,26). The largest absolute Gasteiger partial charge is 0.482 e. The second-order valence-electron chi connectivity index (χ2n) is 5.77. The molecule has 0 aliphatic heterocycles. The Morgan fingerprint density at radius 1 is 1.14 bits per heavy atom. The molecule has 3 N–H and O–H groups in total. The van der Waals surface area contributed by atoms with E-state index in [9.17, 15) is 14.4 Å². The van der Waals surface area contributed by atoms with Gasteiger partial charge >= 0.3 is 12.0 Å². The van der Waals surface area contributed by atoms with Crippen molar-refractivity contribution in [2.24, 2.45) is 5.73 Å². The van der Waals surface area contributed by atoms with Crippen LogP contribution in [0.3, 0.4) is 0 Å². The van der Waals surface area contributed by atoms with E-state index in [0.717, 1.165) is 0 Å². The van der Waals surface area contributed by atoms with Gasteiger partial charge in [0.25, 0.3) is 0 Å². The minimum absolute atomic E-state index is 0.0861. The van der Waals surface area contributed by atoms with E-state index in [0.29, 0.717) is 16.2 Å². The lowest BCUT2D eigenvalue weighted by atomic mass is 10.1. The zero-order valence-electron chi connectivity index (χ0n) is 15.0. The van der Waals surface area contributed by atoms with Crippen LogP contribution in [-0.4, -0.2) is 31.5 Å². The van der Waals surface area contributed by atoms with Crippen LogP contribution in [0, 0.1) is 0 Å². The van der Waals surface area contributed by atoms with Crippen LogP contribution in [0.25, 0.3) is 11.0 Å². The first-order chi connectivity index (χ1) is 13.8. The maximum atomic E-state index is 13.0. The molecular weight excluding hydrogens is 423 g/mol. The Hall–Kier alpha value is -3.23. The molecule has 8 nitrogen and oxygen atoms in total. The molecule has 0 fully saturated rings. The van der Waals surface area contributed by atoms with Gasteiger partial charge in [-0.25, -0.2) is 9.59 Å². The summed E-state index contributed by atoms with van der Waals surface area (Å²) >= 11 is 12.0. The third-order valence-electron chi connectivity index (χ3n) is 3.88. The lowest BCUT2D eigenvalue weighted by Crippen LogP contribution is -2.20. The summed E-state index contributed by atoms with van der Waals surface area (Å²) in [5, 5.41) is 3.28. The first kappa shape index (κ1) is 20.5. The van der Waals surface area contributed by atoms with Gasteiger partial charge in [0.05, 0.1) is 12.1 Å². The summed E-state index contributed by atoms with van der Waals surface area (Å²) in [5.41, 5.74) is 5.68. The van der Waals surface area contributed by atoms with Crippen molar-refractivity contribution in [2.75, 3.05) is 19.0 Å². The van der Waals surface area contributed by atoms with E-state index < -0.39 is 17.8 Å². The average Bonchev–Trinajstić information content (AvgIpc) is 3.02. The number of methoxy groups -OCH3 is 1. The van der Waals surface area contributed by atoms with Gasteiger partial charge in [-0.15, -0.1) is 0 Å². The third kappa shape index (κ3) is 4.44. The van der Waals surface area contributed by atoms with Crippen LogP contribution in [0.2, 0.25) is 10.0 Å². The molecule has 150 valence electrons. The van der Waals surface area contributed by atoms with Crippen LogP contribution in [-0.2, 0) is 9.53 Å². The normalized spacial score (nSPS) is 10.6. The number of rotatable bonds is 6. The number of urea groups is 1. The van der Waals surface area contributed by atoms with Crippen LogP contribution in [0.1, 0.15) is 16.1 Å². The minimum atomic E-state index is -0.880. The number of furan rings is 1. The number of ketones is 1. The Morgan fingerprint density at radius 3 is 2.55 bits per heavy atom. The molecule has 3 rings (SSSR count). The molecule has 1 heterocycles. The Morgan fingerprint density at radius 2 is 1.90 bits per heavy atom. The predicted molar refractivity (Wildman–Crippen MR) is 107 cm³/mol. The second-order valence-corrected chi connectivity index (χ2v) is 6.62. The summed E-state index contributed by atoms with van der Waals surface area (Å²) in [6.07, 6.45) is 0. The number of nitrogens with one attached hydrogen (secondary N) is 1.